The van der Waals surface area contributed by atoms with Gasteiger partial charge in [0.25, 0.3) is 0 Å². The van der Waals surface area contributed by atoms with Gasteiger partial charge in [-0.15, -0.1) is 0 Å². The highest BCUT2D eigenvalue weighted by molar-refractivity contribution is 7.87. The third-order valence-corrected chi connectivity index (χ3v) is 5.77. The number of hydrogen-bond donors (Lipinski definition) is 1. The first-order chi connectivity index (χ1) is 14.4. The lowest BCUT2D eigenvalue weighted by Gasteiger charge is -2.35. The number of rotatable bonds is 11. The number of halogens is 7. The molecule has 0 aromatic carbocycles. The Bertz CT molecular complexity index is 805. The van der Waals surface area contributed by atoms with Gasteiger partial charge in [-0.1, -0.05) is 38.7 Å². The lowest BCUT2D eigenvalue weighted by molar-refractivity contribution is -0.348. The number of alkyl halides is 7. The van der Waals surface area contributed by atoms with Gasteiger partial charge in [0.2, 0.25) is 5.78 Å². The van der Waals surface area contributed by atoms with E-state index in [1.54, 1.807) is 0 Å². The summed E-state index contributed by atoms with van der Waals surface area (Å²) < 4.78 is 133. The van der Waals surface area contributed by atoms with Crippen molar-refractivity contribution in [3.05, 3.63) is 12.7 Å². The molecule has 0 spiro atoms. The van der Waals surface area contributed by atoms with Crippen molar-refractivity contribution in [3.63, 3.8) is 0 Å². The van der Waals surface area contributed by atoms with Crippen LogP contribution in [0.2, 0.25) is 0 Å². The van der Waals surface area contributed by atoms with Gasteiger partial charge in [0.05, 0.1) is 6.61 Å². The van der Waals surface area contributed by atoms with Crippen LogP contribution in [-0.4, -0.2) is 54.5 Å². The third kappa shape index (κ3) is 6.19. The molecule has 1 rings (SSSR count). The highest BCUT2D eigenvalue weighted by Gasteiger charge is 2.68. The Labute approximate surface area is 178 Å². The van der Waals surface area contributed by atoms with Crippen molar-refractivity contribution in [1.29, 1.82) is 0 Å². The molecule has 1 aliphatic carbocycles. The van der Waals surface area contributed by atoms with Gasteiger partial charge in [-0.25, -0.2) is 4.79 Å². The molecule has 1 atom stereocenters. The van der Waals surface area contributed by atoms with E-state index in [4.69, 9.17) is 4.55 Å². The molecule has 1 N–H and O–H groups in total. The van der Waals surface area contributed by atoms with Crippen LogP contribution in [0.5, 0.6) is 0 Å². The van der Waals surface area contributed by atoms with Crippen LogP contribution in [0, 0.1) is 5.92 Å². The fraction of sp³-hybridized carbons (Fsp3) is 0.765. The number of ketones is 1. The zero-order chi connectivity index (χ0) is 25.0. The summed E-state index contributed by atoms with van der Waals surface area (Å²) in [5, 5.41) is -6.06. The molecule has 0 heterocycles. The van der Waals surface area contributed by atoms with Gasteiger partial charge in [0.1, 0.15) is 0 Å². The lowest BCUT2D eigenvalue weighted by Crippen LogP contribution is -2.58. The molecule has 0 amide bonds. The molecule has 1 saturated carbocycles. The van der Waals surface area contributed by atoms with Crippen LogP contribution in [0.25, 0.3) is 0 Å². The van der Waals surface area contributed by atoms with E-state index < -0.39 is 70.4 Å². The summed E-state index contributed by atoms with van der Waals surface area (Å²) in [6.45, 7) is 0.871. The standard InChI is InChI=1S/C17H21F7O7S/c1-2-13(26)31-15(16(20,21)22,12(25)10-11-6-4-3-5-7-11)30-9-8-14(18,19)17(23,24)32(27,28)29/h2,11H,1,3-10H2,(H,27,28,29). The highest BCUT2D eigenvalue weighted by atomic mass is 32.2. The molecule has 1 unspecified atom stereocenters. The number of carbonyl (C=O) groups excluding carboxylic acids is 2. The molecule has 186 valence electrons. The van der Waals surface area contributed by atoms with Crippen molar-refractivity contribution in [2.24, 2.45) is 5.92 Å². The van der Waals surface area contributed by atoms with E-state index in [2.05, 4.69) is 16.1 Å². The van der Waals surface area contributed by atoms with Gasteiger partial charge in [0.15, 0.2) is 0 Å². The van der Waals surface area contributed by atoms with Crippen LogP contribution in [0.3, 0.4) is 0 Å². The molecule has 0 bridgehead atoms. The van der Waals surface area contributed by atoms with Crippen LogP contribution in [0.4, 0.5) is 30.7 Å². The molecule has 0 aromatic heterocycles. The average molecular weight is 502 g/mol. The summed E-state index contributed by atoms with van der Waals surface area (Å²) in [6, 6.07) is 0. The van der Waals surface area contributed by atoms with E-state index in [1.165, 1.54) is 0 Å². The van der Waals surface area contributed by atoms with Gasteiger partial charge in [-0.3, -0.25) is 9.35 Å². The summed E-state index contributed by atoms with van der Waals surface area (Å²) in [5.74, 6) is -14.2. The Morgan fingerprint density at radius 1 is 1.03 bits per heavy atom. The van der Waals surface area contributed by atoms with E-state index in [-0.39, 0.29) is 6.08 Å². The van der Waals surface area contributed by atoms with E-state index in [0.717, 1.165) is 6.42 Å². The van der Waals surface area contributed by atoms with Crippen molar-refractivity contribution in [1.82, 2.24) is 0 Å². The molecule has 0 aromatic rings. The molecule has 0 saturated heterocycles. The molecule has 7 nitrogen and oxygen atoms in total. The fourth-order valence-electron chi connectivity index (χ4n) is 3.09. The zero-order valence-corrected chi connectivity index (χ0v) is 17.3. The fourth-order valence-corrected chi connectivity index (χ4v) is 3.57. The van der Waals surface area contributed by atoms with Gasteiger partial charge in [-0.2, -0.15) is 39.2 Å². The van der Waals surface area contributed by atoms with Crippen LogP contribution in [0.1, 0.15) is 44.9 Å². The maximum absolute atomic E-state index is 13.8. The summed E-state index contributed by atoms with van der Waals surface area (Å²) in [7, 11) is -6.64. The Morgan fingerprint density at radius 2 is 1.56 bits per heavy atom. The first-order valence-corrected chi connectivity index (χ1v) is 10.7. The van der Waals surface area contributed by atoms with Gasteiger partial charge < -0.3 is 9.47 Å². The van der Waals surface area contributed by atoms with E-state index in [1.807, 2.05) is 0 Å². The van der Waals surface area contributed by atoms with Gasteiger partial charge in [-0.05, 0) is 5.92 Å². The van der Waals surface area contributed by atoms with Crippen molar-refractivity contribution in [3.8, 4) is 0 Å². The Hall–Kier alpha value is -1.74. The molecule has 15 heteroatoms. The van der Waals surface area contributed by atoms with E-state index in [9.17, 15) is 48.7 Å². The van der Waals surface area contributed by atoms with Crippen molar-refractivity contribution in [2.45, 2.75) is 68.1 Å². The summed E-state index contributed by atoms with van der Waals surface area (Å²) in [5.41, 5.74) is 0. The summed E-state index contributed by atoms with van der Waals surface area (Å²) >= 11 is 0. The quantitative estimate of drug-likeness (QED) is 0.149. The first-order valence-electron chi connectivity index (χ1n) is 9.23. The minimum absolute atomic E-state index is 0.235. The lowest BCUT2D eigenvalue weighted by atomic mass is 9.84. The molecule has 0 aliphatic heterocycles. The second-order valence-corrected chi connectivity index (χ2v) is 8.63. The van der Waals surface area contributed by atoms with Crippen LogP contribution in [0.15, 0.2) is 12.7 Å². The molecular formula is C17H21F7O7S. The normalized spacial score (nSPS) is 18.6. The smallest absolute Gasteiger partial charge is 0.413 e. The van der Waals surface area contributed by atoms with Crippen LogP contribution >= 0.6 is 0 Å². The Kier molecular flexibility index (Phi) is 8.87. The Morgan fingerprint density at radius 3 is 2.00 bits per heavy atom. The minimum Gasteiger partial charge on any atom is -0.413 e. The van der Waals surface area contributed by atoms with Crippen LogP contribution < -0.4 is 0 Å². The molecule has 1 aliphatic rings. The highest BCUT2D eigenvalue weighted by Crippen LogP contribution is 2.43. The van der Waals surface area contributed by atoms with Crippen LogP contribution in [-0.2, 0) is 29.2 Å². The SMILES string of the molecule is C=CC(=O)OC(OCCC(F)(F)C(F)(F)S(=O)(=O)O)(C(=O)CC1CCCCC1)C(F)(F)F. The predicted molar refractivity (Wildman–Crippen MR) is 93.3 cm³/mol. The van der Waals surface area contributed by atoms with Crippen molar-refractivity contribution < 1.29 is 62.8 Å². The number of esters is 1. The van der Waals surface area contributed by atoms with Crippen molar-refractivity contribution in [2.75, 3.05) is 6.61 Å². The molecule has 1 fully saturated rings. The largest absolute Gasteiger partial charge is 0.463 e. The summed E-state index contributed by atoms with van der Waals surface area (Å²) in [4.78, 5) is 24.0. The molecular weight excluding hydrogens is 481 g/mol. The van der Waals surface area contributed by atoms with Crippen molar-refractivity contribution >= 4 is 21.9 Å². The van der Waals surface area contributed by atoms with Gasteiger partial charge in [0, 0.05) is 18.9 Å². The second-order valence-electron chi connectivity index (χ2n) is 7.17. The van der Waals surface area contributed by atoms with Gasteiger partial charge >= 0.3 is 39.2 Å². The first kappa shape index (κ1) is 28.3. The minimum atomic E-state index is -6.64. The predicted octanol–water partition coefficient (Wildman–Crippen LogP) is 4.04. The average Bonchev–Trinajstić information content (AvgIpc) is 2.65. The molecule has 32 heavy (non-hydrogen) atoms. The third-order valence-electron chi connectivity index (χ3n) is 4.82. The maximum Gasteiger partial charge on any atom is 0.463 e. The van der Waals surface area contributed by atoms with E-state index in [0.29, 0.717) is 25.7 Å². The molecule has 0 radical (unpaired) electrons. The zero-order valence-electron chi connectivity index (χ0n) is 16.5. The number of ether oxygens (including phenoxy) is 2. The summed E-state index contributed by atoms with van der Waals surface area (Å²) in [6.07, 6.45) is -6.00. The monoisotopic (exact) mass is 502 g/mol. The van der Waals surface area contributed by atoms with E-state index >= 15 is 0 Å². The maximum atomic E-state index is 13.8. The number of carbonyl (C=O) groups is 2. The number of hydrogen-bond acceptors (Lipinski definition) is 6. The Balaban J connectivity index is 3.20. The number of Topliss-reactive ketones (excluding diaryl/α,β-unsaturated/α-hetero) is 1. The topological polar surface area (TPSA) is 107 Å². The second kappa shape index (κ2) is 10.0.